The maximum Gasteiger partial charge on any atom is 0.00794 e. The van der Waals surface area contributed by atoms with Crippen molar-refractivity contribution in [2.45, 2.75) is 45.1 Å². The van der Waals surface area contributed by atoms with Gasteiger partial charge in [0.15, 0.2) is 0 Å². The third-order valence-electron chi connectivity index (χ3n) is 3.39. The average molecular weight is 223 g/mol. The molecule has 1 aromatic rings. The molecule has 1 unspecified atom stereocenters. The summed E-state index contributed by atoms with van der Waals surface area (Å²) in [4.78, 5) is 0. The third-order valence-corrected chi connectivity index (χ3v) is 4.12. The maximum absolute atomic E-state index is 3.62. The number of thiophene rings is 1. The summed E-state index contributed by atoms with van der Waals surface area (Å²) >= 11 is 1.80. The van der Waals surface area contributed by atoms with Gasteiger partial charge in [-0.1, -0.05) is 19.3 Å². The summed E-state index contributed by atoms with van der Waals surface area (Å²) in [5.74, 6) is 1.03. The minimum Gasteiger partial charge on any atom is -0.314 e. The van der Waals surface area contributed by atoms with Crippen LogP contribution in [0.5, 0.6) is 0 Å². The van der Waals surface area contributed by atoms with Crippen molar-refractivity contribution in [1.82, 2.24) is 5.32 Å². The Kier molecular flexibility index (Phi) is 4.21. The molecule has 1 aliphatic rings. The van der Waals surface area contributed by atoms with Gasteiger partial charge in [-0.25, -0.2) is 0 Å². The smallest absolute Gasteiger partial charge is 0.00794 e. The van der Waals surface area contributed by atoms with Gasteiger partial charge >= 0.3 is 0 Å². The second-order valence-corrected chi connectivity index (χ2v) is 5.56. The van der Waals surface area contributed by atoms with Crippen LogP contribution in [-0.2, 0) is 6.42 Å². The zero-order valence-corrected chi connectivity index (χ0v) is 10.4. The predicted molar refractivity (Wildman–Crippen MR) is 67.4 cm³/mol. The van der Waals surface area contributed by atoms with Gasteiger partial charge in [0.2, 0.25) is 0 Å². The molecular weight excluding hydrogens is 202 g/mol. The van der Waals surface area contributed by atoms with E-state index in [2.05, 4.69) is 29.1 Å². The molecule has 0 aromatic carbocycles. The first-order valence-electron chi connectivity index (χ1n) is 6.09. The van der Waals surface area contributed by atoms with E-state index in [4.69, 9.17) is 0 Å². The van der Waals surface area contributed by atoms with Crippen LogP contribution in [0, 0.1) is 5.92 Å². The molecular formula is C13H21NS. The molecule has 15 heavy (non-hydrogen) atoms. The van der Waals surface area contributed by atoms with Crippen LogP contribution in [0.25, 0.3) is 0 Å². The highest BCUT2D eigenvalue weighted by Crippen LogP contribution is 2.28. The predicted octanol–water partition coefficient (Wildman–Crippen LogP) is 3.46. The third kappa shape index (κ3) is 3.62. The van der Waals surface area contributed by atoms with Crippen LogP contribution in [0.15, 0.2) is 16.8 Å². The minimum absolute atomic E-state index is 0.625. The molecule has 0 saturated heterocycles. The van der Waals surface area contributed by atoms with Gasteiger partial charge in [0, 0.05) is 6.04 Å². The molecule has 1 saturated carbocycles. The van der Waals surface area contributed by atoms with E-state index in [1.54, 1.807) is 11.3 Å². The monoisotopic (exact) mass is 223 g/mol. The second-order valence-electron chi connectivity index (χ2n) is 4.78. The summed E-state index contributed by atoms with van der Waals surface area (Å²) in [5, 5.41) is 8.04. The van der Waals surface area contributed by atoms with Crippen molar-refractivity contribution in [2.75, 3.05) is 6.54 Å². The Balaban J connectivity index is 1.57. The zero-order chi connectivity index (χ0) is 10.5. The molecule has 2 heteroatoms. The van der Waals surface area contributed by atoms with E-state index in [1.807, 2.05) is 0 Å². The normalized spacial score (nSPS) is 18.7. The van der Waals surface area contributed by atoms with Crippen LogP contribution < -0.4 is 5.32 Å². The fourth-order valence-corrected chi connectivity index (χ4v) is 2.83. The fourth-order valence-electron chi connectivity index (χ4n) is 2.15. The van der Waals surface area contributed by atoms with E-state index in [9.17, 15) is 0 Å². The van der Waals surface area contributed by atoms with Crippen molar-refractivity contribution in [2.24, 2.45) is 5.92 Å². The van der Waals surface area contributed by atoms with Gasteiger partial charge < -0.3 is 5.32 Å². The first-order chi connectivity index (χ1) is 7.34. The summed E-state index contributed by atoms with van der Waals surface area (Å²) in [6, 6.07) is 2.86. The average Bonchev–Trinajstić information content (AvgIpc) is 2.62. The van der Waals surface area contributed by atoms with Gasteiger partial charge in [-0.15, -0.1) is 0 Å². The molecule has 1 aromatic heterocycles. The van der Waals surface area contributed by atoms with Crippen molar-refractivity contribution >= 4 is 11.3 Å². The Morgan fingerprint density at radius 3 is 3.00 bits per heavy atom. The van der Waals surface area contributed by atoms with Crippen molar-refractivity contribution in [1.29, 1.82) is 0 Å². The highest BCUT2D eigenvalue weighted by molar-refractivity contribution is 7.07. The lowest BCUT2D eigenvalue weighted by molar-refractivity contribution is 0.288. The standard InChI is InChI=1S/C13H21NS/c1-11(9-13-6-8-15-10-13)14-7-5-12-3-2-4-12/h6,8,10-12,14H,2-5,7,9H2,1H3. The lowest BCUT2D eigenvalue weighted by atomic mass is 9.83. The van der Waals surface area contributed by atoms with Crippen LogP contribution >= 0.6 is 11.3 Å². The highest BCUT2D eigenvalue weighted by atomic mass is 32.1. The Morgan fingerprint density at radius 1 is 1.53 bits per heavy atom. The molecule has 0 aliphatic heterocycles. The molecule has 2 rings (SSSR count). The van der Waals surface area contributed by atoms with Crippen molar-refractivity contribution in [3.8, 4) is 0 Å². The van der Waals surface area contributed by atoms with Crippen molar-refractivity contribution < 1.29 is 0 Å². The highest BCUT2D eigenvalue weighted by Gasteiger charge is 2.16. The molecule has 1 N–H and O–H groups in total. The van der Waals surface area contributed by atoms with E-state index in [0.717, 1.165) is 5.92 Å². The van der Waals surface area contributed by atoms with E-state index in [-0.39, 0.29) is 0 Å². The molecule has 0 amide bonds. The molecule has 1 fully saturated rings. The molecule has 1 nitrogen and oxygen atoms in total. The molecule has 0 radical (unpaired) electrons. The van der Waals surface area contributed by atoms with Crippen LogP contribution in [-0.4, -0.2) is 12.6 Å². The first-order valence-corrected chi connectivity index (χ1v) is 7.03. The van der Waals surface area contributed by atoms with Gasteiger partial charge in [-0.3, -0.25) is 0 Å². The fraction of sp³-hybridized carbons (Fsp3) is 0.692. The molecule has 1 atom stereocenters. The van der Waals surface area contributed by atoms with E-state index in [0.29, 0.717) is 6.04 Å². The van der Waals surface area contributed by atoms with Gasteiger partial charge in [-0.05, 0) is 54.6 Å². The van der Waals surface area contributed by atoms with Crippen molar-refractivity contribution in [3.63, 3.8) is 0 Å². The van der Waals surface area contributed by atoms with Crippen LogP contribution in [0.1, 0.15) is 38.2 Å². The summed E-state index contributed by atoms with van der Waals surface area (Å²) < 4.78 is 0. The molecule has 1 aliphatic carbocycles. The van der Waals surface area contributed by atoms with E-state index in [1.165, 1.54) is 44.2 Å². The summed E-state index contributed by atoms with van der Waals surface area (Å²) in [6.45, 7) is 3.49. The number of rotatable bonds is 6. The number of nitrogens with one attached hydrogen (secondary N) is 1. The first kappa shape index (κ1) is 11.2. The summed E-state index contributed by atoms with van der Waals surface area (Å²) in [7, 11) is 0. The van der Waals surface area contributed by atoms with E-state index >= 15 is 0 Å². The Morgan fingerprint density at radius 2 is 2.40 bits per heavy atom. The summed E-state index contributed by atoms with van der Waals surface area (Å²) in [5.41, 5.74) is 1.48. The molecule has 84 valence electrons. The molecule has 1 heterocycles. The van der Waals surface area contributed by atoms with Crippen molar-refractivity contribution in [3.05, 3.63) is 22.4 Å². The maximum atomic E-state index is 3.62. The largest absolute Gasteiger partial charge is 0.314 e. The van der Waals surface area contributed by atoms with Gasteiger partial charge in [0.05, 0.1) is 0 Å². The second kappa shape index (κ2) is 5.66. The van der Waals surface area contributed by atoms with Gasteiger partial charge in [0.25, 0.3) is 0 Å². The molecule has 0 bridgehead atoms. The van der Waals surface area contributed by atoms with Crippen LogP contribution in [0.3, 0.4) is 0 Å². The Bertz CT molecular complexity index is 264. The topological polar surface area (TPSA) is 12.0 Å². The van der Waals surface area contributed by atoms with Gasteiger partial charge in [0.1, 0.15) is 0 Å². The summed E-state index contributed by atoms with van der Waals surface area (Å²) in [6.07, 6.45) is 6.97. The van der Waals surface area contributed by atoms with E-state index < -0.39 is 0 Å². The van der Waals surface area contributed by atoms with Gasteiger partial charge in [-0.2, -0.15) is 11.3 Å². The number of hydrogen-bond acceptors (Lipinski definition) is 2. The lowest BCUT2D eigenvalue weighted by Gasteiger charge is -2.26. The van der Waals surface area contributed by atoms with Crippen LogP contribution in [0.2, 0.25) is 0 Å². The molecule has 0 spiro atoms. The Labute approximate surface area is 96.9 Å². The zero-order valence-electron chi connectivity index (χ0n) is 9.54. The minimum atomic E-state index is 0.625. The number of hydrogen-bond donors (Lipinski definition) is 1. The SMILES string of the molecule is CC(Cc1ccsc1)NCCC1CCC1. The quantitative estimate of drug-likeness (QED) is 0.779. The Hall–Kier alpha value is -0.340. The van der Waals surface area contributed by atoms with Crippen LogP contribution in [0.4, 0.5) is 0 Å². The lowest BCUT2D eigenvalue weighted by Crippen LogP contribution is -2.30.